The SMILES string of the molecule is Cc1cc(OCC(O)CNc2cncc(C(=O)N3CCCC3)n2)ccc1Cl. The van der Waals surface area contributed by atoms with E-state index in [9.17, 15) is 9.90 Å². The highest BCUT2D eigenvalue weighted by atomic mass is 35.5. The number of likely N-dealkylation sites (tertiary alicyclic amines) is 1. The van der Waals surface area contributed by atoms with E-state index in [0.29, 0.717) is 22.3 Å². The van der Waals surface area contributed by atoms with Crippen molar-refractivity contribution in [3.8, 4) is 5.75 Å². The zero-order valence-electron chi connectivity index (χ0n) is 15.2. The number of hydrogen-bond acceptors (Lipinski definition) is 6. The number of rotatable bonds is 7. The summed E-state index contributed by atoms with van der Waals surface area (Å²) in [4.78, 5) is 22.5. The molecule has 3 rings (SSSR count). The van der Waals surface area contributed by atoms with Gasteiger partial charge < -0.3 is 20.1 Å². The largest absolute Gasteiger partial charge is 0.491 e. The average Bonchev–Trinajstić information content (AvgIpc) is 3.21. The molecule has 1 atom stereocenters. The maximum absolute atomic E-state index is 12.4. The smallest absolute Gasteiger partial charge is 0.274 e. The van der Waals surface area contributed by atoms with Crippen molar-refractivity contribution >= 4 is 23.3 Å². The predicted octanol–water partition coefficient (Wildman–Crippen LogP) is 2.53. The maximum atomic E-state index is 12.4. The molecule has 1 aliphatic rings. The minimum atomic E-state index is -0.749. The Morgan fingerprint density at radius 2 is 2.15 bits per heavy atom. The molecule has 0 bridgehead atoms. The van der Waals surface area contributed by atoms with Gasteiger partial charge in [0.1, 0.15) is 30.0 Å². The second-order valence-corrected chi connectivity index (χ2v) is 6.95. The molecule has 8 heteroatoms. The summed E-state index contributed by atoms with van der Waals surface area (Å²) in [6, 6.07) is 5.34. The highest BCUT2D eigenvalue weighted by molar-refractivity contribution is 6.31. The first kappa shape index (κ1) is 19.4. The maximum Gasteiger partial charge on any atom is 0.274 e. The van der Waals surface area contributed by atoms with E-state index >= 15 is 0 Å². The van der Waals surface area contributed by atoms with Crippen molar-refractivity contribution in [3.05, 3.63) is 46.9 Å². The topological polar surface area (TPSA) is 87.6 Å². The number of carbonyl (C=O) groups excluding carboxylic acids is 1. The molecule has 2 heterocycles. The second kappa shape index (κ2) is 9.01. The molecule has 0 spiro atoms. The molecular formula is C19H23ClN4O3. The lowest BCUT2D eigenvalue weighted by atomic mass is 10.2. The van der Waals surface area contributed by atoms with Gasteiger partial charge in [-0.2, -0.15) is 0 Å². The van der Waals surface area contributed by atoms with Crippen molar-refractivity contribution in [2.75, 3.05) is 31.6 Å². The molecular weight excluding hydrogens is 368 g/mol. The van der Waals surface area contributed by atoms with Crippen molar-refractivity contribution in [2.45, 2.75) is 25.9 Å². The van der Waals surface area contributed by atoms with Gasteiger partial charge in [0.2, 0.25) is 0 Å². The number of benzene rings is 1. The Bertz CT molecular complexity index is 796. The Kier molecular flexibility index (Phi) is 6.47. The minimum absolute atomic E-state index is 0.106. The van der Waals surface area contributed by atoms with E-state index in [-0.39, 0.29) is 19.1 Å². The summed E-state index contributed by atoms with van der Waals surface area (Å²) in [6.45, 7) is 3.76. The van der Waals surface area contributed by atoms with Crippen LogP contribution in [0.5, 0.6) is 5.75 Å². The molecule has 1 amide bonds. The number of nitrogens with zero attached hydrogens (tertiary/aromatic N) is 3. The van der Waals surface area contributed by atoms with E-state index < -0.39 is 6.10 Å². The van der Waals surface area contributed by atoms with Gasteiger partial charge in [0.25, 0.3) is 5.91 Å². The number of amides is 1. The van der Waals surface area contributed by atoms with Crippen LogP contribution in [0.25, 0.3) is 0 Å². The van der Waals surface area contributed by atoms with Crippen LogP contribution in [0.2, 0.25) is 5.02 Å². The Morgan fingerprint density at radius 3 is 2.89 bits per heavy atom. The Balaban J connectivity index is 1.49. The fourth-order valence-electron chi connectivity index (χ4n) is 2.82. The number of halogens is 1. The molecule has 1 aromatic heterocycles. The number of anilines is 1. The van der Waals surface area contributed by atoms with E-state index in [0.717, 1.165) is 31.5 Å². The number of hydrogen-bond donors (Lipinski definition) is 2. The summed E-state index contributed by atoms with van der Waals surface area (Å²) in [5, 5.41) is 13.8. The highest BCUT2D eigenvalue weighted by Crippen LogP contribution is 2.21. The zero-order chi connectivity index (χ0) is 19.2. The molecule has 27 heavy (non-hydrogen) atoms. The molecule has 0 radical (unpaired) electrons. The fraction of sp³-hybridized carbons (Fsp3) is 0.421. The van der Waals surface area contributed by atoms with Crippen LogP contribution in [-0.2, 0) is 0 Å². The molecule has 1 unspecified atom stereocenters. The van der Waals surface area contributed by atoms with Gasteiger partial charge in [-0.15, -0.1) is 0 Å². The number of nitrogens with one attached hydrogen (secondary N) is 1. The van der Waals surface area contributed by atoms with Gasteiger partial charge in [-0.3, -0.25) is 9.78 Å². The van der Waals surface area contributed by atoms with Crippen LogP contribution in [0.3, 0.4) is 0 Å². The molecule has 2 aromatic rings. The standard InChI is InChI=1S/C19H23ClN4O3/c1-13-8-15(4-5-16(13)20)27-12-14(25)9-22-18-11-21-10-17(23-18)19(26)24-6-2-3-7-24/h4-5,8,10-11,14,25H,2-3,6-7,9,12H2,1H3,(H,22,23). The summed E-state index contributed by atoms with van der Waals surface area (Å²) in [5.41, 5.74) is 1.22. The third-order valence-electron chi connectivity index (χ3n) is 4.34. The number of aromatic nitrogens is 2. The summed E-state index contributed by atoms with van der Waals surface area (Å²) in [5.74, 6) is 0.987. The van der Waals surface area contributed by atoms with E-state index in [1.165, 1.54) is 12.4 Å². The molecule has 0 aliphatic carbocycles. The molecule has 1 aliphatic heterocycles. The summed E-state index contributed by atoms with van der Waals surface area (Å²) in [7, 11) is 0. The normalized spacial score (nSPS) is 14.9. The Morgan fingerprint density at radius 1 is 1.37 bits per heavy atom. The second-order valence-electron chi connectivity index (χ2n) is 6.55. The molecule has 144 valence electrons. The van der Waals surface area contributed by atoms with Crippen molar-refractivity contribution in [1.82, 2.24) is 14.9 Å². The molecule has 0 saturated carbocycles. The van der Waals surface area contributed by atoms with Gasteiger partial charge >= 0.3 is 0 Å². The van der Waals surface area contributed by atoms with Gasteiger partial charge in [-0.1, -0.05) is 11.6 Å². The number of aryl methyl sites for hydroxylation is 1. The first-order chi connectivity index (χ1) is 13.0. The lowest BCUT2D eigenvalue weighted by Gasteiger charge is -2.16. The van der Waals surface area contributed by atoms with Crippen LogP contribution in [-0.4, -0.2) is 58.2 Å². The summed E-state index contributed by atoms with van der Waals surface area (Å²) in [6.07, 6.45) is 4.29. The third-order valence-corrected chi connectivity index (χ3v) is 4.76. The molecule has 1 aromatic carbocycles. The first-order valence-corrected chi connectivity index (χ1v) is 9.33. The Labute approximate surface area is 163 Å². The number of aliphatic hydroxyl groups excluding tert-OH is 1. The fourth-order valence-corrected chi connectivity index (χ4v) is 2.93. The monoisotopic (exact) mass is 390 g/mol. The van der Waals surface area contributed by atoms with E-state index in [2.05, 4.69) is 15.3 Å². The van der Waals surface area contributed by atoms with Crippen LogP contribution >= 0.6 is 11.6 Å². The van der Waals surface area contributed by atoms with Crippen LogP contribution in [0, 0.1) is 6.92 Å². The van der Waals surface area contributed by atoms with Gasteiger partial charge in [0, 0.05) is 24.7 Å². The summed E-state index contributed by atoms with van der Waals surface area (Å²) >= 11 is 5.98. The van der Waals surface area contributed by atoms with Gasteiger partial charge in [0.05, 0.1) is 12.4 Å². The van der Waals surface area contributed by atoms with Crippen molar-refractivity contribution in [1.29, 1.82) is 0 Å². The van der Waals surface area contributed by atoms with Crippen LogP contribution in [0.4, 0.5) is 5.82 Å². The van der Waals surface area contributed by atoms with Crippen LogP contribution in [0.15, 0.2) is 30.6 Å². The van der Waals surface area contributed by atoms with E-state index in [1.54, 1.807) is 17.0 Å². The van der Waals surface area contributed by atoms with E-state index in [4.69, 9.17) is 16.3 Å². The number of ether oxygens (including phenoxy) is 1. The van der Waals surface area contributed by atoms with Crippen LogP contribution < -0.4 is 10.1 Å². The highest BCUT2D eigenvalue weighted by Gasteiger charge is 2.21. The Hall–Kier alpha value is -2.38. The lowest BCUT2D eigenvalue weighted by molar-refractivity contribution is 0.0786. The van der Waals surface area contributed by atoms with E-state index in [1.807, 2.05) is 13.0 Å². The van der Waals surface area contributed by atoms with Crippen molar-refractivity contribution in [3.63, 3.8) is 0 Å². The van der Waals surface area contributed by atoms with Crippen LogP contribution in [0.1, 0.15) is 28.9 Å². The molecule has 1 saturated heterocycles. The number of aliphatic hydroxyl groups is 1. The zero-order valence-corrected chi connectivity index (χ0v) is 15.9. The molecule has 1 fully saturated rings. The average molecular weight is 391 g/mol. The molecule has 7 nitrogen and oxygen atoms in total. The number of carbonyl (C=O) groups is 1. The van der Waals surface area contributed by atoms with Crippen molar-refractivity contribution in [2.24, 2.45) is 0 Å². The van der Waals surface area contributed by atoms with Gasteiger partial charge in [-0.05, 0) is 43.5 Å². The summed E-state index contributed by atoms with van der Waals surface area (Å²) < 4.78 is 5.58. The first-order valence-electron chi connectivity index (χ1n) is 8.95. The third kappa shape index (κ3) is 5.30. The minimum Gasteiger partial charge on any atom is -0.491 e. The predicted molar refractivity (Wildman–Crippen MR) is 103 cm³/mol. The van der Waals surface area contributed by atoms with Crippen molar-refractivity contribution < 1.29 is 14.6 Å². The molecule has 2 N–H and O–H groups in total. The van der Waals surface area contributed by atoms with Gasteiger partial charge in [-0.25, -0.2) is 4.98 Å². The van der Waals surface area contributed by atoms with Gasteiger partial charge in [0.15, 0.2) is 0 Å². The lowest BCUT2D eigenvalue weighted by Crippen LogP contribution is -2.29. The quantitative estimate of drug-likeness (QED) is 0.755.